The third kappa shape index (κ3) is 5.02. The van der Waals surface area contributed by atoms with Crippen molar-refractivity contribution in [3.05, 3.63) is 82.2 Å². The van der Waals surface area contributed by atoms with E-state index in [1.54, 1.807) is 17.0 Å². The van der Waals surface area contributed by atoms with Crippen LogP contribution in [0.4, 0.5) is 0 Å². The first-order valence-corrected chi connectivity index (χ1v) is 15.1. The molecule has 198 valence electrons. The third-order valence-corrected chi connectivity index (χ3v) is 9.47. The molecule has 1 saturated heterocycles. The van der Waals surface area contributed by atoms with Crippen LogP contribution in [0, 0.1) is 0 Å². The minimum Gasteiger partial charge on any atom is -0.366 e. The quantitative estimate of drug-likeness (QED) is 0.300. The Morgan fingerprint density at radius 1 is 1.05 bits per heavy atom. The van der Waals surface area contributed by atoms with Crippen molar-refractivity contribution in [2.24, 2.45) is 10.1 Å². The van der Waals surface area contributed by atoms with Crippen LogP contribution < -0.4 is 10.5 Å². The van der Waals surface area contributed by atoms with Crippen molar-refractivity contribution in [3.63, 3.8) is 0 Å². The Morgan fingerprint density at radius 2 is 1.79 bits per heavy atom. The number of carbonyl (C=O) groups is 2. The van der Waals surface area contributed by atoms with E-state index in [9.17, 15) is 22.6 Å². The fourth-order valence-corrected chi connectivity index (χ4v) is 7.75. The van der Waals surface area contributed by atoms with Crippen LogP contribution in [0.2, 0.25) is 0 Å². The molecule has 3 heterocycles. The zero-order chi connectivity index (χ0) is 26.9. The number of thiophene rings is 1. The molecule has 1 fully saturated rings. The summed E-state index contributed by atoms with van der Waals surface area (Å²) in [5.74, 6) is -1.10. The number of hydrogen-bond donors (Lipinski definition) is 3. The number of piperidine rings is 1. The van der Waals surface area contributed by atoms with Gasteiger partial charge >= 0.3 is 10.1 Å². The average Bonchev–Trinajstić information content (AvgIpc) is 3.60. The predicted molar refractivity (Wildman–Crippen MR) is 150 cm³/mol. The molecule has 3 aromatic rings. The molecular formula is C26H26N4O5S3. The van der Waals surface area contributed by atoms with E-state index in [1.165, 1.54) is 11.3 Å². The average molecular weight is 571 g/mol. The van der Waals surface area contributed by atoms with Gasteiger partial charge in [-0.25, -0.2) is 4.72 Å². The molecule has 1 aromatic heterocycles. The van der Waals surface area contributed by atoms with Gasteiger partial charge in [0.1, 0.15) is 5.54 Å². The molecule has 1 unspecified atom stereocenters. The highest BCUT2D eigenvalue weighted by Crippen LogP contribution is 2.44. The molecule has 4 N–H and O–H groups in total. The van der Waals surface area contributed by atoms with Gasteiger partial charge in [-0.1, -0.05) is 36.4 Å². The van der Waals surface area contributed by atoms with Gasteiger partial charge in [0.05, 0.1) is 23.3 Å². The van der Waals surface area contributed by atoms with Gasteiger partial charge in [-0.2, -0.15) is 12.8 Å². The molecule has 2 amide bonds. The molecule has 5 rings (SSSR count). The van der Waals surface area contributed by atoms with Crippen LogP contribution in [-0.2, 0) is 22.1 Å². The van der Waals surface area contributed by atoms with Crippen molar-refractivity contribution in [1.29, 1.82) is 0 Å². The van der Waals surface area contributed by atoms with E-state index in [0.717, 1.165) is 41.8 Å². The van der Waals surface area contributed by atoms with Crippen LogP contribution in [0.3, 0.4) is 0 Å². The van der Waals surface area contributed by atoms with E-state index in [0.29, 0.717) is 24.2 Å². The van der Waals surface area contributed by atoms with Gasteiger partial charge in [-0.15, -0.1) is 11.3 Å². The summed E-state index contributed by atoms with van der Waals surface area (Å²) in [5, 5.41) is 1.38. The van der Waals surface area contributed by atoms with Crippen molar-refractivity contribution in [1.82, 2.24) is 9.62 Å². The van der Waals surface area contributed by atoms with Crippen molar-refractivity contribution in [3.8, 4) is 10.4 Å². The molecule has 2 aromatic carbocycles. The molecule has 0 spiro atoms. The van der Waals surface area contributed by atoms with Gasteiger partial charge in [0.15, 0.2) is 5.04 Å². The first kappa shape index (κ1) is 26.6. The Balaban J connectivity index is 1.80. The zero-order valence-electron chi connectivity index (χ0n) is 20.3. The Kier molecular flexibility index (Phi) is 7.43. The maximum Gasteiger partial charge on any atom is 0.311 e. The molecule has 12 heteroatoms. The monoisotopic (exact) mass is 570 g/mol. The molecule has 0 bridgehead atoms. The lowest BCUT2D eigenvalue weighted by atomic mass is 9.80. The summed E-state index contributed by atoms with van der Waals surface area (Å²) < 4.78 is 42.8. The summed E-state index contributed by atoms with van der Waals surface area (Å²) in [6.07, 6.45) is 2.83. The number of nitrogens with one attached hydrogen (secondary N) is 1. The van der Waals surface area contributed by atoms with Crippen LogP contribution in [0.25, 0.3) is 10.4 Å². The van der Waals surface area contributed by atoms with Crippen molar-refractivity contribution in [2.75, 3.05) is 13.1 Å². The van der Waals surface area contributed by atoms with Crippen molar-refractivity contribution < 1.29 is 22.6 Å². The number of hydrogen-bond acceptors (Lipinski definition) is 8. The van der Waals surface area contributed by atoms with Crippen LogP contribution in [0.1, 0.15) is 51.1 Å². The number of likely N-dealkylation sites (tertiary alicyclic amines) is 1. The Labute approximate surface area is 229 Å². The van der Waals surface area contributed by atoms with Crippen LogP contribution in [-0.4, -0.2) is 47.8 Å². The molecule has 2 aliphatic rings. The highest BCUT2D eigenvalue weighted by Gasteiger charge is 2.50. The Morgan fingerprint density at radius 3 is 2.42 bits per heavy atom. The maximum absolute atomic E-state index is 13.7. The van der Waals surface area contributed by atoms with Gasteiger partial charge in [0.2, 0.25) is 5.91 Å². The van der Waals surface area contributed by atoms with E-state index < -0.39 is 26.6 Å². The largest absolute Gasteiger partial charge is 0.366 e. The second-order valence-electron chi connectivity index (χ2n) is 9.27. The molecular weight excluding hydrogens is 545 g/mol. The lowest BCUT2D eigenvalue weighted by Gasteiger charge is -2.33. The number of rotatable bonds is 6. The first-order valence-electron chi connectivity index (χ1n) is 12.1. The molecule has 1 atom stereocenters. The number of primary amides is 1. The Bertz CT molecular complexity index is 1500. The standard InChI is InChI=1S/C26H26N4O5S3/c27-23(31)18-14-20(22-10-7-13-36-22)21(15-19(18)24(32)30-11-5-2-6-12-30)26(16-17-8-3-1-4-9-17)25(28-37-29-26)38(33,34)35/h1,3-4,7-10,13-15,29H,2,5-6,11-12,16H2,(H2,27,31)(H,33,34,35). The number of carbonyl (C=O) groups excluding carboxylic acids is 2. The zero-order valence-corrected chi connectivity index (χ0v) is 22.7. The summed E-state index contributed by atoms with van der Waals surface area (Å²) in [6, 6.07) is 16.0. The lowest BCUT2D eigenvalue weighted by Crippen LogP contribution is -2.48. The van der Waals surface area contributed by atoms with E-state index in [-0.39, 0.29) is 23.5 Å². The summed E-state index contributed by atoms with van der Waals surface area (Å²) in [5.41, 5.74) is 6.08. The maximum atomic E-state index is 13.7. The topological polar surface area (TPSA) is 142 Å². The highest BCUT2D eigenvalue weighted by atomic mass is 32.2. The fraction of sp³-hybridized carbons (Fsp3) is 0.269. The molecule has 2 aliphatic heterocycles. The summed E-state index contributed by atoms with van der Waals surface area (Å²) in [6.45, 7) is 1.11. The van der Waals surface area contributed by atoms with Crippen LogP contribution in [0.5, 0.6) is 0 Å². The SMILES string of the molecule is NC(=O)c1cc(-c2cccs2)c(C2(Cc3ccccc3)NSN=C2S(=O)(=O)O)cc1C(=O)N1CCCCC1. The molecule has 9 nitrogen and oxygen atoms in total. The van der Waals surface area contributed by atoms with E-state index in [1.807, 2.05) is 47.8 Å². The van der Waals surface area contributed by atoms with Crippen LogP contribution >= 0.6 is 23.5 Å². The van der Waals surface area contributed by atoms with E-state index >= 15 is 0 Å². The van der Waals surface area contributed by atoms with Gasteiger partial charge in [0.25, 0.3) is 5.91 Å². The van der Waals surface area contributed by atoms with Gasteiger partial charge < -0.3 is 10.6 Å². The van der Waals surface area contributed by atoms with Crippen molar-refractivity contribution >= 4 is 50.4 Å². The number of amides is 2. The smallest absolute Gasteiger partial charge is 0.311 e. The number of benzene rings is 2. The van der Waals surface area contributed by atoms with Crippen LogP contribution in [0.15, 0.2) is 64.4 Å². The first-order chi connectivity index (χ1) is 18.2. The van der Waals surface area contributed by atoms with Gasteiger partial charge in [-0.05, 0) is 59.5 Å². The fourth-order valence-electron chi connectivity index (χ4n) is 5.05. The van der Waals surface area contributed by atoms with E-state index in [4.69, 9.17) is 5.73 Å². The van der Waals surface area contributed by atoms with Gasteiger partial charge in [-0.3, -0.25) is 14.1 Å². The summed E-state index contributed by atoms with van der Waals surface area (Å²) in [7, 11) is -4.76. The second kappa shape index (κ2) is 10.6. The predicted octanol–water partition coefficient (Wildman–Crippen LogP) is 4.03. The summed E-state index contributed by atoms with van der Waals surface area (Å²) >= 11 is 2.20. The van der Waals surface area contributed by atoms with Crippen molar-refractivity contribution in [2.45, 2.75) is 31.2 Å². The lowest BCUT2D eigenvalue weighted by molar-refractivity contribution is 0.0719. The van der Waals surface area contributed by atoms with E-state index in [2.05, 4.69) is 9.12 Å². The third-order valence-electron chi connectivity index (χ3n) is 6.81. The number of nitrogens with zero attached hydrogens (tertiary/aromatic N) is 2. The Hall–Kier alpha value is -3.03. The molecule has 0 saturated carbocycles. The van der Waals surface area contributed by atoms with Gasteiger partial charge in [0, 0.05) is 24.4 Å². The minimum atomic E-state index is -4.76. The molecule has 38 heavy (non-hydrogen) atoms. The molecule has 0 radical (unpaired) electrons. The summed E-state index contributed by atoms with van der Waals surface area (Å²) in [4.78, 5) is 28.8. The number of nitrogens with two attached hydrogens (primary N) is 1. The molecule has 0 aliphatic carbocycles. The highest BCUT2D eigenvalue weighted by molar-refractivity contribution is 8.05. The minimum absolute atomic E-state index is 0.0542. The second-order valence-corrected chi connectivity index (χ2v) is 12.1. The normalized spacial score (nSPS) is 19.8.